The monoisotopic (exact) mass is 259 g/mol. The topological polar surface area (TPSA) is 47.8 Å². The quantitative estimate of drug-likeness (QED) is 0.644. The molecule has 0 saturated carbocycles. The first-order valence-corrected chi connectivity index (χ1v) is 7.27. The van der Waals surface area contributed by atoms with Gasteiger partial charge in [-0.1, -0.05) is 17.7 Å². The van der Waals surface area contributed by atoms with Crippen molar-refractivity contribution in [3.63, 3.8) is 0 Å². The molecule has 0 bridgehead atoms. The van der Waals surface area contributed by atoms with Crippen molar-refractivity contribution in [3.05, 3.63) is 35.4 Å². The summed E-state index contributed by atoms with van der Waals surface area (Å²) in [5.41, 5.74) is 3.09. The van der Waals surface area contributed by atoms with Gasteiger partial charge in [0.25, 0.3) is 0 Å². The number of nitrogens with zero attached hydrogens (tertiary/aromatic N) is 1. The minimum absolute atomic E-state index is 0.750. The standard InChI is InChI=1S/C14H17N3S/c1-18-14-4-2-3-13(12(14)9-15)17-10-11-5-7-16-8-6-11/h2-5,16-17H,6-8,10H2,1H3. The number of nitrogens with one attached hydrogen (secondary N) is 2. The van der Waals surface area contributed by atoms with E-state index in [1.165, 1.54) is 5.57 Å². The maximum Gasteiger partial charge on any atom is 0.102 e. The highest BCUT2D eigenvalue weighted by molar-refractivity contribution is 7.98. The molecule has 94 valence electrons. The molecule has 0 atom stereocenters. The largest absolute Gasteiger partial charge is 0.380 e. The number of rotatable bonds is 4. The first kappa shape index (κ1) is 13.0. The Bertz CT molecular complexity index is 488. The van der Waals surface area contributed by atoms with Crippen LogP contribution >= 0.6 is 11.8 Å². The van der Waals surface area contributed by atoms with Crippen molar-refractivity contribution in [1.82, 2.24) is 5.32 Å². The average Bonchev–Trinajstić information content (AvgIpc) is 2.45. The normalized spacial score (nSPS) is 14.8. The molecular formula is C14H17N3S. The molecule has 0 saturated heterocycles. The van der Waals surface area contributed by atoms with E-state index in [0.29, 0.717) is 0 Å². The summed E-state index contributed by atoms with van der Waals surface area (Å²) in [7, 11) is 0. The van der Waals surface area contributed by atoms with Crippen LogP contribution in [0.3, 0.4) is 0 Å². The number of benzene rings is 1. The van der Waals surface area contributed by atoms with Gasteiger partial charge in [0.1, 0.15) is 6.07 Å². The Morgan fingerprint density at radius 3 is 3.06 bits per heavy atom. The van der Waals surface area contributed by atoms with E-state index in [9.17, 15) is 5.26 Å². The smallest absolute Gasteiger partial charge is 0.102 e. The second-order valence-corrected chi connectivity index (χ2v) is 5.01. The lowest BCUT2D eigenvalue weighted by atomic mass is 10.1. The first-order valence-electron chi connectivity index (χ1n) is 6.04. The Labute approximate surface area is 112 Å². The Morgan fingerprint density at radius 2 is 2.39 bits per heavy atom. The van der Waals surface area contributed by atoms with Crippen LogP contribution < -0.4 is 10.6 Å². The van der Waals surface area contributed by atoms with Crippen molar-refractivity contribution >= 4 is 17.4 Å². The molecule has 2 rings (SSSR count). The van der Waals surface area contributed by atoms with Gasteiger partial charge in [-0.2, -0.15) is 5.26 Å². The van der Waals surface area contributed by atoms with E-state index in [0.717, 1.165) is 42.2 Å². The van der Waals surface area contributed by atoms with Crippen LogP contribution in [0.4, 0.5) is 5.69 Å². The fourth-order valence-corrected chi connectivity index (χ4v) is 2.58. The average molecular weight is 259 g/mol. The van der Waals surface area contributed by atoms with Crippen LogP contribution in [-0.2, 0) is 0 Å². The zero-order chi connectivity index (χ0) is 12.8. The molecule has 0 aliphatic carbocycles. The van der Waals surface area contributed by atoms with Gasteiger partial charge in [0.05, 0.1) is 11.3 Å². The lowest BCUT2D eigenvalue weighted by molar-refractivity contribution is 0.698. The Hall–Kier alpha value is -1.44. The molecule has 0 aromatic heterocycles. The highest BCUT2D eigenvalue weighted by Crippen LogP contribution is 2.26. The Morgan fingerprint density at radius 1 is 1.50 bits per heavy atom. The van der Waals surface area contributed by atoms with Crippen LogP contribution in [-0.4, -0.2) is 25.9 Å². The summed E-state index contributed by atoms with van der Waals surface area (Å²) < 4.78 is 0. The lowest BCUT2D eigenvalue weighted by Gasteiger charge is -2.16. The summed E-state index contributed by atoms with van der Waals surface area (Å²) in [6.45, 7) is 2.82. The van der Waals surface area contributed by atoms with E-state index >= 15 is 0 Å². The molecule has 2 N–H and O–H groups in total. The van der Waals surface area contributed by atoms with Gasteiger partial charge in [0.2, 0.25) is 0 Å². The highest BCUT2D eigenvalue weighted by atomic mass is 32.2. The zero-order valence-corrected chi connectivity index (χ0v) is 11.3. The van der Waals surface area contributed by atoms with E-state index < -0.39 is 0 Å². The minimum Gasteiger partial charge on any atom is -0.380 e. The molecule has 1 aliphatic heterocycles. The number of hydrogen-bond acceptors (Lipinski definition) is 4. The van der Waals surface area contributed by atoms with E-state index in [1.807, 2.05) is 24.5 Å². The van der Waals surface area contributed by atoms with Gasteiger partial charge in [-0.05, 0) is 31.4 Å². The lowest BCUT2D eigenvalue weighted by Crippen LogP contribution is -2.23. The van der Waals surface area contributed by atoms with Crippen molar-refractivity contribution in [2.45, 2.75) is 11.3 Å². The van der Waals surface area contributed by atoms with E-state index in [4.69, 9.17) is 0 Å². The van der Waals surface area contributed by atoms with Gasteiger partial charge in [-0.25, -0.2) is 0 Å². The number of nitriles is 1. The van der Waals surface area contributed by atoms with Crippen LogP contribution in [0.25, 0.3) is 0 Å². The molecule has 1 aromatic carbocycles. The van der Waals surface area contributed by atoms with Crippen molar-refractivity contribution in [1.29, 1.82) is 5.26 Å². The summed E-state index contributed by atoms with van der Waals surface area (Å²) >= 11 is 1.61. The fourth-order valence-electron chi connectivity index (χ4n) is 2.00. The third-order valence-electron chi connectivity index (χ3n) is 3.02. The maximum atomic E-state index is 9.24. The summed E-state index contributed by atoms with van der Waals surface area (Å²) in [5, 5.41) is 15.9. The molecule has 4 heteroatoms. The summed E-state index contributed by atoms with van der Waals surface area (Å²) in [6.07, 6.45) is 5.30. The summed E-state index contributed by atoms with van der Waals surface area (Å²) in [6, 6.07) is 8.24. The molecule has 0 unspecified atom stereocenters. The molecule has 0 amide bonds. The second kappa shape index (κ2) is 6.48. The molecule has 0 fully saturated rings. The SMILES string of the molecule is CSc1cccc(NCC2=CCNCC2)c1C#N. The van der Waals surface area contributed by atoms with Crippen molar-refractivity contribution in [2.75, 3.05) is 31.2 Å². The first-order chi connectivity index (χ1) is 8.85. The van der Waals surface area contributed by atoms with Gasteiger partial charge in [-0.15, -0.1) is 11.8 Å². The van der Waals surface area contributed by atoms with E-state index in [-0.39, 0.29) is 0 Å². The van der Waals surface area contributed by atoms with Crippen LogP contribution in [0.15, 0.2) is 34.7 Å². The zero-order valence-electron chi connectivity index (χ0n) is 10.5. The number of anilines is 1. The van der Waals surface area contributed by atoms with E-state index in [1.54, 1.807) is 11.8 Å². The summed E-state index contributed by atoms with van der Waals surface area (Å²) in [4.78, 5) is 1.03. The predicted octanol–water partition coefficient (Wildman–Crippen LogP) is 2.61. The predicted molar refractivity (Wildman–Crippen MR) is 77.0 cm³/mol. The highest BCUT2D eigenvalue weighted by Gasteiger charge is 2.08. The molecule has 1 aliphatic rings. The molecule has 18 heavy (non-hydrogen) atoms. The van der Waals surface area contributed by atoms with Crippen molar-refractivity contribution in [3.8, 4) is 6.07 Å². The van der Waals surface area contributed by atoms with Crippen LogP contribution in [0.1, 0.15) is 12.0 Å². The number of thioether (sulfide) groups is 1. The summed E-state index contributed by atoms with van der Waals surface area (Å²) in [5.74, 6) is 0. The molecule has 3 nitrogen and oxygen atoms in total. The van der Waals surface area contributed by atoms with Crippen LogP contribution in [0.5, 0.6) is 0 Å². The minimum atomic E-state index is 0.750. The van der Waals surface area contributed by atoms with Crippen molar-refractivity contribution in [2.24, 2.45) is 0 Å². The van der Waals surface area contributed by atoms with Gasteiger partial charge in [0.15, 0.2) is 0 Å². The Kier molecular flexibility index (Phi) is 4.68. The maximum absolute atomic E-state index is 9.24. The van der Waals surface area contributed by atoms with Gasteiger partial charge < -0.3 is 10.6 Å². The molecule has 0 radical (unpaired) electrons. The Balaban J connectivity index is 2.09. The molecular weight excluding hydrogens is 242 g/mol. The van der Waals surface area contributed by atoms with Crippen molar-refractivity contribution < 1.29 is 0 Å². The van der Waals surface area contributed by atoms with Crippen LogP contribution in [0, 0.1) is 11.3 Å². The van der Waals surface area contributed by atoms with E-state index in [2.05, 4.69) is 22.8 Å². The van der Waals surface area contributed by atoms with Gasteiger partial charge in [0, 0.05) is 18.0 Å². The fraction of sp³-hybridized carbons (Fsp3) is 0.357. The van der Waals surface area contributed by atoms with Gasteiger partial charge in [-0.3, -0.25) is 0 Å². The van der Waals surface area contributed by atoms with Gasteiger partial charge >= 0.3 is 0 Å². The third kappa shape index (κ3) is 3.06. The van der Waals surface area contributed by atoms with Crippen LogP contribution in [0.2, 0.25) is 0 Å². The second-order valence-electron chi connectivity index (χ2n) is 4.16. The third-order valence-corrected chi connectivity index (χ3v) is 3.80. The molecule has 1 heterocycles. The molecule has 0 spiro atoms. The molecule has 1 aromatic rings. The number of hydrogen-bond donors (Lipinski definition) is 2.